The highest BCUT2D eigenvalue weighted by atomic mass is 16.5. The van der Waals surface area contributed by atoms with Crippen molar-refractivity contribution in [2.75, 3.05) is 21.3 Å². The number of hydrogen-bond acceptors (Lipinski definition) is 6. The van der Waals surface area contributed by atoms with E-state index in [9.17, 15) is 9.90 Å². The van der Waals surface area contributed by atoms with Crippen molar-refractivity contribution in [2.45, 2.75) is 6.10 Å². The molecule has 0 saturated heterocycles. The van der Waals surface area contributed by atoms with Crippen molar-refractivity contribution in [3.8, 4) is 11.6 Å². The Morgan fingerprint density at radius 1 is 1.38 bits per heavy atom. The van der Waals surface area contributed by atoms with Gasteiger partial charge in [-0.25, -0.2) is 9.78 Å². The van der Waals surface area contributed by atoms with Gasteiger partial charge >= 0.3 is 5.97 Å². The van der Waals surface area contributed by atoms with E-state index in [4.69, 9.17) is 9.47 Å². The summed E-state index contributed by atoms with van der Waals surface area (Å²) in [7, 11) is 3.98. The molecule has 1 rings (SSSR count). The summed E-state index contributed by atoms with van der Waals surface area (Å²) in [6.07, 6.45) is -0.0332. The summed E-state index contributed by atoms with van der Waals surface area (Å²) >= 11 is 0. The first-order valence-corrected chi connectivity index (χ1v) is 4.48. The third-order valence-corrected chi connectivity index (χ3v) is 2.02. The Labute approximate surface area is 92.8 Å². The highest BCUT2D eigenvalue weighted by molar-refractivity contribution is 5.78. The highest BCUT2D eigenvalue weighted by Crippen LogP contribution is 2.32. The van der Waals surface area contributed by atoms with Crippen molar-refractivity contribution in [3.63, 3.8) is 0 Å². The fraction of sp³-hybridized carbons (Fsp3) is 0.400. The van der Waals surface area contributed by atoms with Crippen LogP contribution >= 0.6 is 0 Å². The molecule has 6 nitrogen and oxygen atoms in total. The lowest BCUT2D eigenvalue weighted by Crippen LogP contribution is -2.16. The number of rotatable bonds is 4. The number of esters is 1. The predicted molar refractivity (Wildman–Crippen MR) is 54.3 cm³/mol. The van der Waals surface area contributed by atoms with Crippen LogP contribution in [-0.2, 0) is 9.53 Å². The summed E-state index contributed by atoms with van der Waals surface area (Å²) in [6, 6.07) is 1.52. The van der Waals surface area contributed by atoms with E-state index in [2.05, 4.69) is 9.72 Å². The molecule has 0 amide bonds. The largest absolute Gasteiger partial charge is 0.496 e. The number of carbonyl (C=O) groups excluding carboxylic acids is 1. The van der Waals surface area contributed by atoms with Crippen LogP contribution in [0.2, 0.25) is 0 Å². The fourth-order valence-corrected chi connectivity index (χ4v) is 1.26. The Morgan fingerprint density at radius 2 is 2.06 bits per heavy atom. The zero-order chi connectivity index (χ0) is 12.1. The van der Waals surface area contributed by atoms with Crippen molar-refractivity contribution in [2.24, 2.45) is 0 Å². The maximum absolute atomic E-state index is 11.2. The first-order chi connectivity index (χ1) is 7.65. The van der Waals surface area contributed by atoms with Gasteiger partial charge in [0.1, 0.15) is 5.75 Å². The van der Waals surface area contributed by atoms with E-state index >= 15 is 0 Å². The van der Waals surface area contributed by atoms with Gasteiger partial charge in [-0.15, -0.1) is 0 Å². The van der Waals surface area contributed by atoms with Crippen molar-refractivity contribution in [1.82, 2.24) is 4.98 Å². The molecule has 0 bridgehead atoms. The zero-order valence-electron chi connectivity index (χ0n) is 9.26. The molecule has 1 N–H and O–H groups in total. The molecule has 1 aromatic rings. The third kappa shape index (κ3) is 2.22. The number of ether oxygens (including phenoxy) is 3. The number of nitrogens with zero attached hydrogens (tertiary/aromatic N) is 1. The number of pyridine rings is 1. The van der Waals surface area contributed by atoms with Gasteiger partial charge in [0.25, 0.3) is 0 Å². The maximum atomic E-state index is 11.2. The second-order valence-corrected chi connectivity index (χ2v) is 2.86. The molecule has 0 radical (unpaired) electrons. The van der Waals surface area contributed by atoms with E-state index in [-0.39, 0.29) is 11.4 Å². The van der Waals surface area contributed by atoms with E-state index in [1.165, 1.54) is 33.6 Å². The van der Waals surface area contributed by atoms with Gasteiger partial charge in [-0.3, -0.25) is 0 Å². The summed E-state index contributed by atoms with van der Waals surface area (Å²) in [5.74, 6) is -0.369. The predicted octanol–water partition coefficient (Wildman–Crippen LogP) is 0.305. The van der Waals surface area contributed by atoms with E-state index in [0.717, 1.165) is 0 Å². The SMILES string of the molecule is COC(=O)C(O)c1c(OC)ccnc1OC. The second kappa shape index (κ2) is 5.32. The van der Waals surface area contributed by atoms with Crippen molar-refractivity contribution in [1.29, 1.82) is 0 Å². The molecule has 16 heavy (non-hydrogen) atoms. The van der Waals surface area contributed by atoms with E-state index in [1.807, 2.05) is 0 Å². The Bertz CT molecular complexity index is 357. The van der Waals surface area contributed by atoms with Crippen LogP contribution in [0, 0.1) is 0 Å². The monoisotopic (exact) mass is 227 g/mol. The van der Waals surface area contributed by atoms with Crippen LogP contribution in [0.15, 0.2) is 12.3 Å². The molecular formula is C10H13NO5. The summed E-state index contributed by atoms with van der Waals surface area (Å²) in [5, 5.41) is 9.74. The molecule has 0 fully saturated rings. The summed E-state index contributed by atoms with van der Waals surface area (Å²) in [6.45, 7) is 0. The first kappa shape index (κ1) is 12.3. The molecular weight excluding hydrogens is 214 g/mol. The van der Waals surface area contributed by atoms with Gasteiger partial charge in [0.15, 0.2) is 6.10 Å². The number of aliphatic hydroxyl groups excluding tert-OH is 1. The molecule has 0 saturated carbocycles. The molecule has 1 atom stereocenters. The molecule has 1 unspecified atom stereocenters. The zero-order valence-corrected chi connectivity index (χ0v) is 9.26. The maximum Gasteiger partial charge on any atom is 0.339 e. The highest BCUT2D eigenvalue weighted by Gasteiger charge is 2.26. The molecule has 88 valence electrons. The minimum atomic E-state index is -1.48. The smallest absolute Gasteiger partial charge is 0.339 e. The normalized spacial score (nSPS) is 11.8. The number of hydrogen-bond donors (Lipinski definition) is 1. The number of aromatic nitrogens is 1. The molecule has 0 aliphatic heterocycles. The average Bonchev–Trinajstić information content (AvgIpc) is 2.35. The van der Waals surface area contributed by atoms with Crippen molar-refractivity contribution >= 4 is 5.97 Å². The average molecular weight is 227 g/mol. The Kier molecular flexibility index (Phi) is 4.07. The number of aliphatic hydroxyl groups is 1. The lowest BCUT2D eigenvalue weighted by Gasteiger charge is -2.15. The van der Waals surface area contributed by atoms with Crippen LogP contribution in [0.4, 0.5) is 0 Å². The minimum Gasteiger partial charge on any atom is -0.496 e. The molecule has 0 spiro atoms. The second-order valence-electron chi connectivity index (χ2n) is 2.86. The molecule has 0 aromatic carbocycles. The molecule has 1 heterocycles. The van der Waals surface area contributed by atoms with E-state index < -0.39 is 12.1 Å². The first-order valence-electron chi connectivity index (χ1n) is 4.48. The van der Waals surface area contributed by atoms with E-state index in [1.54, 1.807) is 0 Å². The molecule has 6 heteroatoms. The molecule has 0 aliphatic carbocycles. The Balaban J connectivity index is 3.22. The van der Waals surface area contributed by atoms with Crippen LogP contribution < -0.4 is 9.47 Å². The topological polar surface area (TPSA) is 77.9 Å². The number of carbonyl (C=O) groups is 1. The van der Waals surface area contributed by atoms with Crippen LogP contribution in [0.3, 0.4) is 0 Å². The van der Waals surface area contributed by atoms with Gasteiger partial charge < -0.3 is 19.3 Å². The van der Waals surface area contributed by atoms with Crippen LogP contribution in [-0.4, -0.2) is 37.4 Å². The summed E-state index contributed by atoms with van der Waals surface area (Å²) in [4.78, 5) is 15.1. The number of methoxy groups -OCH3 is 3. The summed E-state index contributed by atoms with van der Waals surface area (Å²) < 4.78 is 14.4. The van der Waals surface area contributed by atoms with Gasteiger partial charge in [-0.05, 0) is 6.07 Å². The van der Waals surface area contributed by atoms with Gasteiger partial charge in [0, 0.05) is 6.20 Å². The van der Waals surface area contributed by atoms with Gasteiger partial charge in [0.2, 0.25) is 5.88 Å². The Morgan fingerprint density at radius 3 is 2.56 bits per heavy atom. The van der Waals surface area contributed by atoms with Gasteiger partial charge in [0.05, 0.1) is 26.9 Å². The van der Waals surface area contributed by atoms with E-state index in [0.29, 0.717) is 5.75 Å². The molecule has 1 aromatic heterocycles. The minimum absolute atomic E-state index is 0.122. The fourth-order valence-electron chi connectivity index (χ4n) is 1.26. The van der Waals surface area contributed by atoms with Crippen LogP contribution in [0.5, 0.6) is 11.6 Å². The summed E-state index contributed by atoms with van der Waals surface area (Å²) in [5.41, 5.74) is 0.152. The quantitative estimate of drug-likeness (QED) is 0.745. The molecule has 0 aliphatic rings. The van der Waals surface area contributed by atoms with Crippen molar-refractivity contribution in [3.05, 3.63) is 17.8 Å². The third-order valence-electron chi connectivity index (χ3n) is 2.02. The van der Waals surface area contributed by atoms with Crippen LogP contribution in [0.25, 0.3) is 0 Å². The standard InChI is InChI=1S/C10H13NO5/c1-14-6-4-5-11-9(15-2)7(6)8(12)10(13)16-3/h4-5,8,12H,1-3H3. The lowest BCUT2D eigenvalue weighted by molar-refractivity contribution is -0.150. The van der Waals surface area contributed by atoms with Gasteiger partial charge in [-0.2, -0.15) is 0 Å². The van der Waals surface area contributed by atoms with Gasteiger partial charge in [-0.1, -0.05) is 0 Å². The van der Waals surface area contributed by atoms with Crippen molar-refractivity contribution < 1.29 is 24.1 Å². The Hall–Kier alpha value is -1.82. The van der Waals surface area contributed by atoms with Crippen LogP contribution in [0.1, 0.15) is 11.7 Å². The lowest BCUT2D eigenvalue weighted by atomic mass is 10.1.